The minimum absolute atomic E-state index is 0. The van der Waals surface area contributed by atoms with Gasteiger partial charge in [-0.25, -0.2) is 0 Å². The van der Waals surface area contributed by atoms with Gasteiger partial charge in [-0.3, -0.25) is 0 Å². The molecule has 7 nitrogen and oxygen atoms in total. The van der Waals surface area contributed by atoms with E-state index in [2.05, 4.69) is 43.1 Å². The Hall–Kier alpha value is 1.40. The first kappa shape index (κ1) is 74.3. The summed E-state index contributed by atoms with van der Waals surface area (Å²) in [5.74, 6) is 0.329. The molecule has 1 aliphatic heterocycles. The number of aliphatic hydroxyl groups excluding tert-OH is 2. The van der Waals surface area contributed by atoms with Crippen molar-refractivity contribution in [2.24, 2.45) is 11.8 Å². The summed E-state index contributed by atoms with van der Waals surface area (Å²) in [6, 6.07) is 0. The normalized spacial score (nSPS) is 10.6. The average Bonchev–Trinajstić information content (AvgIpc) is 3.48. The minimum atomic E-state index is 0. The van der Waals surface area contributed by atoms with E-state index in [1.165, 1.54) is 18.4 Å². The maximum Gasteiger partial charge on any atom is 1.00 e. The van der Waals surface area contributed by atoms with Crippen molar-refractivity contribution in [2.45, 2.75) is 70.2 Å². The molecule has 3 unspecified atom stereocenters. The Balaban J connectivity index is -0.0000000228. The largest absolute Gasteiger partial charge is 1.00 e. The monoisotopic (exact) mass is 751 g/mol. The maximum atomic E-state index is 9.81. The fourth-order valence-corrected chi connectivity index (χ4v) is 1.40. The van der Waals surface area contributed by atoms with Crippen LogP contribution in [0.1, 0.15) is 73.0 Å². The molecule has 1 saturated heterocycles. The molecule has 0 amide bonds. The van der Waals surface area contributed by atoms with Crippen molar-refractivity contribution < 1.29 is 66.3 Å². The van der Waals surface area contributed by atoms with Crippen LogP contribution in [0.4, 0.5) is 0 Å². The molecule has 0 saturated carbocycles. The SMILES string of the molecule is C.C.C.C.C1CCOC1.C=C(C)CBr.C=C(C)COC.CO.COCC(C)C=O.COCC(C)CO.ClCCl.[2H]CP.[H-].[Na+]. The van der Waals surface area contributed by atoms with E-state index in [4.69, 9.17) is 49.0 Å². The zero-order valence-electron chi connectivity index (χ0n) is 27.6. The summed E-state index contributed by atoms with van der Waals surface area (Å²) in [7, 11) is 8.12. The third kappa shape index (κ3) is 148. The van der Waals surface area contributed by atoms with Gasteiger partial charge in [-0.2, -0.15) is 0 Å². The van der Waals surface area contributed by atoms with Gasteiger partial charge in [-0.1, -0.05) is 90.4 Å². The Bertz CT molecular complexity index is 418. The van der Waals surface area contributed by atoms with Crippen LogP contribution in [0, 0.1) is 11.8 Å². The van der Waals surface area contributed by atoms with Crippen LogP contribution >= 0.6 is 48.4 Å². The molecule has 1 rings (SSSR count). The molecule has 0 spiro atoms. The van der Waals surface area contributed by atoms with Gasteiger partial charge in [0.15, 0.2) is 0 Å². The molecule has 1 heterocycles. The van der Waals surface area contributed by atoms with E-state index in [9.17, 15) is 4.79 Å². The Morgan fingerprint density at radius 1 is 1.02 bits per heavy atom. The quantitative estimate of drug-likeness (QED) is 0.100. The second kappa shape index (κ2) is 90.1. The summed E-state index contributed by atoms with van der Waals surface area (Å²) in [4.78, 5) is 9.81. The van der Waals surface area contributed by atoms with Crippen molar-refractivity contribution >= 4 is 54.7 Å². The fourth-order valence-electron chi connectivity index (χ4n) is 1.40. The van der Waals surface area contributed by atoms with Crippen LogP contribution in [0.25, 0.3) is 0 Å². The summed E-state index contributed by atoms with van der Waals surface area (Å²) in [5, 5.41) is 16.5. The minimum Gasteiger partial charge on any atom is -1.00 e. The van der Waals surface area contributed by atoms with E-state index in [-0.39, 0.29) is 84.5 Å². The molecule has 0 aromatic carbocycles. The number of methoxy groups -OCH3 is 3. The summed E-state index contributed by atoms with van der Waals surface area (Å²) in [6.07, 6.45) is 3.43. The second-order valence-corrected chi connectivity index (χ2v) is 8.58. The van der Waals surface area contributed by atoms with Crippen molar-refractivity contribution in [3.05, 3.63) is 24.3 Å². The topological polar surface area (TPSA) is 94.5 Å². The molecule has 0 bridgehead atoms. The van der Waals surface area contributed by atoms with Crippen molar-refractivity contribution in [3.63, 3.8) is 0 Å². The second-order valence-electron chi connectivity index (χ2n) is 7.21. The predicted octanol–water partition coefficient (Wildman–Crippen LogP) is 5.87. The van der Waals surface area contributed by atoms with Gasteiger partial charge in [0.2, 0.25) is 0 Å². The molecule has 1 fully saturated rings. The van der Waals surface area contributed by atoms with Crippen molar-refractivity contribution in [1.82, 2.24) is 0 Å². The van der Waals surface area contributed by atoms with Crippen molar-refractivity contribution in [3.8, 4) is 0 Å². The molecule has 264 valence electrons. The first-order chi connectivity index (χ1) is 18.0. The molecule has 3 atom stereocenters. The van der Waals surface area contributed by atoms with Crippen LogP contribution < -0.4 is 29.6 Å². The molecule has 2 N–H and O–H groups in total. The number of aldehydes is 1. The molecule has 12 heteroatoms. The molecular formula is C30H75BrCl2NaO7P. The number of allylic oxidation sites excluding steroid dienone is 1. The van der Waals surface area contributed by atoms with Crippen LogP contribution in [0.5, 0.6) is 0 Å². The van der Waals surface area contributed by atoms with E-state index in [0.717, 1.165) is 37.5 Å². The molecule has 1 aliphatic rings. The average molecular weight is 754 g/mol. The number of hydrogen-bond acceptors (Lipinski definition) is 7. The van der Waals surface area contributed by atoms with Crippen LogP contribution in [-0.4, -0.2) is 102 Å². The number of halogens is 3. The summed E-state index contributed by atoms with van der Waals surface area (Å²) < 4.78 is 25.2. The van der Waals surface area contributed by atoms with Gasteiger partial charge in [-0.05, 0) is 26.7 Å². The summed E-state index contributed by atoms with van der Waals surface area (Å²) in [5.41, 5.74) is 2.24. The van der Waals surface area contributed by atoms with Gasteiger partial charge >= 0.3 is 29.6 Å². The predicted molar refractivity (Wildman–Crippen MR) is 199 cm³/mol. The zero-order chi connectivity index (χ0) is 31.6. The van der Waals surface area contributed by atoms with Crippen LogP contribution in [0.15, 0.2) is 24.3 Å². The van der Waals surface area contributed by atoms with Crippen molar-refractivity contribution in [2.75, 3.05) is 85.4 Å². The first-order valence-electron chi connectivity index (χ1n) is 12.2. The van der Waals surface area contributed by atoms with Gasteiger partial charge in [-0.15, -0.1) is 32.4 Å². The van der Waals surface area contributed by atoms with Gasteiger partial charge < -0.3 is 35.4 Å². The number of ether oxygens (including phenoxy) is 4. The Morgan fingerprint density at radius 2 is 1.36 bits per heavy atom. The van der Waals surface area contributed by atoms with Crippen LogP contribution in [0.2, 0.25) is 0 Å². The Kier molecular flexibility index (Phi) is 159. The molecule has 42 heavy (non-hydrogen) atoms. The molecule has 0 radical (unpaired) electrons. The van der Waals surface area contributed by atoms with Crippen LogP contribution in [-0.2, 0) is 23.7 Å². The standard InChI is InChI=1S/C5H12O2.C5H10O2.C5H10O.C4H7Br.C4H8O.CH2Cl2.CH4O.CH5P.4CH4.Na.H/c2*1-5(3-6)4-7-2;1-5(2)4-6-3;1-4(2)3-5;1-2-4-5-3-1;2-1-3;2*1-2;;;;;;/h5-6H,3-4H2,1-2H3;3,5H,4H2,1-2H3;1,4H2,2-3H3;1,3H2,2H3;1-4H2;1H2;2H,1H3;2H2,1H3;4*1H4;;/q;;;;;;;;;;;;+1;-1/i;;;;;;;1D;;;;;;. The van der Waals surface area contributed by atoms with E-state index in [1.54, 1.807) is 21.3 Å². The summed E-state index contributed by atoms with van der Waals surface area (Å²) >= 11 is 12.7. The fraction of sp³-hybridized carbons (Fsp3) is 0.833. The maximum absolute atomic E-state index is 9.81. The van der Waals surface area contributed by atoms with Crippen molar-refractivity contribution in [1.29, 1.82) is 0 Å². The number of carbonyl (C=O) groups is 1. The summed E-state index contributed by atoms with van der Waals surface area (Å²) in [6.45, 7) is 19.4. The Labute approximate surface area is 310 Å². The molecule has 0 aromatic rings. The number of carbonyl (C=O) groups excluding carboxylic acids is 1. The third-order valence-electron chi connectivity index (χ3n) is 2.87. The number of aliphatic hydroxyl groups is 2. The van der Waals surface area contributed by atoms with E-state index < -0.39 is 0 Å². The smallest absolute Gasteiger partial charge is 1.00 e. The van der Waals surface area contributed by atoms with E-state index in [1.807, 2.05) is 27.7 Å². The number of alkyl halides is 3. The first-order valence-corrected chi connectivity index (χ1v) is 14.5. The third-order valence-corrected chi connectivity index (χ3v) is 3.83. The van der Waals surface area contributed by atoms with Gasteiger partial charge in [0.1, 0.15) is 6.29 Å². The zero-order valence-corrected chi connectivity index (χ0v) is 31.8. The number of rotatable bonds is 9. The van der Waals surface area contributed by atoms with Gasteiger partial charge in [0, 0.05) is 66.8 Å². The molecule has 0 aromatic heterocycles. The number of hydrogen-bond donors (Lipinski definition) is 2. The Morgan fingerprint density at radius 3 is 1.43 bits per heavy atom. The van der Waals surface area contributed by atoms with E-state index >= 15 is 0 Å². The molecular weight excluding hydrogens is 677 g/mol. The van der Waals surface area contributed by atoms with Gasteiger partial charge in [0.25, 0.3) is 0 Å². The van der Waals surface area contributed by atoms with Crippen LogP contribution in [0.3, 0.4) is 0 Å². The van der Waals surface area contributed by atoms with E-state index in [0.29, 0.717) is 26.5 Å². The van der Waals surface area contributed by atoms with Gasteiger partial charge in [0.05, 0.1) is 25.2 Å². The molecule has 0 aliphatic carbocycles.